The molecule has 4 rings (SSSR count). The summed E-state index contributed by atoms with van der Waals surface area (Å²) in [5, 5.41) is 15.3. The molecule has 0 radical (unpaired) electrons. The molecule has 2 aromatic heterocycles. The number of anilines is 2. The van der Waals surface area contributed by atoms with E-state index in [0.717, 1.165) is 0 Å². The molecule has 152 valence electrons. The van der Waals surface area contributed by atoms with Crippen molar-refractivity contribution in [1.29, 1.82) is 0 Å². The predicted octanol–water partition coefficient (Wildman–Crippen LogP) is 4.43. The van der Waals surface area contributed by atoms with Crippen LogP contribution >= 0.6 is 12.2 Å². The lowest BCUT2D eigenvalue weighted by atomic mass is 10.1. The Morgan fingerprint density at radius 2 is 1.57 bits per heavy atom. The molecule has 0 atom stereocenters. The van der Waals surface area contributed by atoms with Crippen molar-refractivity contribution in [3.8, 4) is 0 Å². The first-order chi connectivity index (χ1) is 14.5. The zero-order chi connectivity index (χ0) is 20.9. The highest BCUT2D eigenvalue weighted by Gasteiger charge is 2.07. The van der Waals surface area contributed by atoms with E-state index in [0.29, 0.717) is 35.4 Å². The minimum absolute atomic E-state index is 0.249. The second-order valence-electron chi connectivity index (χ2n) is 6.96. The first-order valence-corrected chi connectivity index (χ1v) is 9.90. The van der Waals surface area contributed by atoms with Crippen LogP contribution in [0.5, 0.6) is 0 Å². The largest absolute Gasteiger partial charge is 0.316 e. The average Bonchev–Trinajstić information content (AvgIpc) is 3.33. The molecule has 2 heterocycles. The maximum atomic E-state index is 13.8. The van der Waals surface area contributed by atoms with E-state index < -0.39 is 0 Å². The van der Waals surface area contributed by atoms with Crippen LogP contribution in [0.25, 0.3) is 0 Å². The van der Waals surface area contributed by atoms with Gasteiger partial charge in [0, 0.05) is 30.1 Å². The van der Waals surface area contributed by atoms with Crippen LogP contribution < -0.4 is 10.6 Å². The predicted molar refractivity (Wildman–Crippen MR) is 120 cm³/mol. The van der Waals surface area contributed by atoms with Crippen LogP contribution in [0.15, 0.2) is 73.1 Å². The fraction of sp³-hybridized carbons (Fsp3) is 0.136. The highest BCUT2D eigenvalue weighted by molar-refractivity contribution is 7.80. The number of hydrogen-bond donors (Lipinski definition) is 2. The molecule has 6 nitrogen and oxygen atoms in total. The monoisotopic (exact) mass is 420 g/mol. The SMILES string of the molecule is Cc1cccc(Cn2ccc(NC(=S)Nc3ccn(Cc4ccccc4F)n3)n2)c1. The van der Waals surface area contributed by atoms with Gasteiger partial charge in [-0.15, -0.1) is 0 Å². The van der Waals surface area contributed by atoms with Gasteiger partial charge in [0.2, 0.25) is 0 Å². The van der Waals surface area contributed by atoms with Crippen LogP contribution in [0.4, 0.5) is 16.0 Å². The van der Waals surface area contributed by atoms with Gasteiger partial charge in [0.05, 0.1) is 13.1 Å². The fourth-order valence-corrected chi connectivity index (χ4v) is 3.30. The van der Waals surface area contributed by atoms with Crippen molar-refractivity contribution in [2.75, 3.05) is 10.6 Å². The number of thiocarbonyl (C=S) groups is 1. The van der Waals surface area contributed by atoms with E-state index in [2.05, 4.69) is 46.0 Å². The Kier molecular flexibility index (Phi) is 5.85. The second-order valence-corrected chi connectivity index (χ2v) is 7.36. The van der Waals surface area contributed by atoms with Crippen molar-refractivity contribution in [2.45, 2.75) is 20.0 Å². The van der Waals surface area contributed by atoms with Crippen molar-refractivity contribution in [3.63, 3.8) is 0 Å². The van der Waals surface area contributed by atoms with E-state index in [1.54, 1.807) is 35.1 Å². The molecule has 0 fully saturated rings. The Morgan fingerprint density at radius 3 is 2.23 bits per heavy atom. The van der Waals surface area contributed by atoms with E-state index in [-0.39, 0.29) is 5.82 Å². The second kappa shape index (κ2) is 8.87. The molecular formula is C22H21FN6S. The van der Waals surface area contributed by atoms with Crippen molar-refractivity contribution < 1.29 is 4.39 Å². The summed E-state index contributed by atoms with van der Waals surface area (Å²) in [5.41, 5.74) is 2.98. The number of aromatic nitrogens is 4. The van der Waals surface area contributed by atoms with Gasteiger partial charge in [-0.2, -0.15) is 10.2 Å². The maximum Gasteiger partial charge on any atom is 0.177 e. The maximum absolute atomic E-state index is 13.8. The van der Waals surface area contributed by atoms with Gasteiger partial charge in [0.25, 0.3) is 0 Å². The van der Waals surface area contributed by atoms with E-state index in [4.69, 9.17) is 12.2 Å². The van der Waals surface area contributed by atoms with Crippen LogP contribution in [-0.4, -0.2) is 24.7 Å². The summed E-state index contributed by atoms with van der Waals surface area (Å²) in [4.78, 5) is 0. The highest BCUT2D eigenvalue weighted by atomic mass is 32.1. The molecule has 30 heavy (non-hydrogen) atoms. The molecule has 0 amide bonds. The average molecular weight is 421 g/mol. The molecule has 0 aliphatic heterocycles. The zero-order valence-corrected chi connectivity index (χ0v) is 17.2. The molecule has 0 bridgehead atoms. The Hall–Kier alpha value is -3.52. The van der Waals surface area contributed by atoms with Crippen LogP contribution in [0.2, 0.25) is 0 Å². The third kappa shape index (κ3) is 5.09. The fourth-order valence-electron chi connectivity index (χ4n) is 3.10. The molecule has 0 aliphatic rings. The van der Waals surface area contributed by atoms with Gasteiger partial charge in [-0.3, -0.25) is 9.36 Å². The summed E-state index contributed by atoms with van der Waals surface area (Å²) in [6.07, 6.45) is 3.67. The van der Waals surface area contributed by atoms with Crippen LogP contribution in [0.1, 0.15) is 16.7 Å². The number of rotatable bonds is 6. The zero-order valence-electron chi connectivity index (χ0n) is 16.4. The molecule has 0 unspecified atom stereocenters. The molecule has 2 aromatic carbocycles. The van der Waals surface area contributed by atoms with E-state index >= 15 is 0 Å². The molecule has 0 spiro atoms. The van der Waals surface area contributed by atoms with Crippen molar-refractivity contribution >= 4 is 29.0 Å². The minimum atomic E-state index is -0.249. The minimum Gasteiger partial charge on any atom is -0.316 e. The Morgan fingerprint density at radius 1 is 0.900 bits per heavy atom. The number of nitrogens with zero attached hydrogens (tertiary/aromatic N) is 4. The van der Waals surface area contributed by atoms with Gasteiger partial charge < -0.3 is 10.6 Å². The number of aryl methyl sites for hydroxylation is 1. The summed E-state index contributed by atoms with van der Waals surface area (Å²) in [5.74, 6) is 0.968. The topological polar surface area (TPSA) is 59.7 Å². The van der Waals surface area contributed by atoms with Crippen molar-refractivity contribution in [1.82, 2.24) is 19.6 Å². The van der Waals surface area contributed by atoms with Crippen LogP contribution in [0, 0.1) is 12.7 Å². The molecule has 0 aliphatic carbocycles. The summed E-state index contributed by atoms with van der Waals surface area (Å²) in [7, 11) is 0. The molecular weight excluding hydrogens is 399 g/mol. The van der Waals surface area contributed by atoms with E-state index in [1.807, 2.05) is 23.0 Å². The molecule has 0 saturated carbocycles. The van der Waals surface area contributed by atoms with Gasteiger partial charge in [-0.1, -0.05) is 48.0 Å². The lowest BCUT2D eigenvalue weighted by Crippen LogP contribution is -2.20. The number of benzene rings is 2. The van der Waals surface area contributed by atoms with Crippen LogP contribution in [-0.2, 0) is 13.1 Å². The van der Waals surface area contributed by atoms with Gasteiger partial charge in [0.15, 0.2) is 16.7 Å². The van der Waals surface area contributed by atoms with E-state index in [9.17, 15) is 4.39 Å². The number of halogens is 1. The molecule has 4 aromatic rings. The lowest BCUT2D eigenvalue weighted by molar-refractivity contribution is 0.586. The highest BCUT2D eigenvalue weighted by Crippen LogP contribution is 2.12. The third-order valence-electron chi connectivity index (χ3n) is 4.48. The normalized spacial score (nSPS) is 10.7. The smallest absolute Gasteiger partial charge is 0.177 e. The van der Waals surface area contributed by atoms with Crippen LogP contribution in [0.3, 0.4) is 0 Å². The molecule has 2 N–H and O–H groups in total. The first kappa shape index (κ1) is 19.8. The van der Waals surface area contributed by atoms with Gasteiger partial charge in [-0.25, -0.2) is 4.39 Å². The summed E-state index contributed by atoms with van der Waals surface area (Å²) in [6, 6.07) is 18.6. The van der Waals surface area contributed by atoms with Gasteiger partial charge in [-0.05, 0) is 30.8 Å². The summed E-state index contributed by atoms with van der Waals surface area (Å²) < 4.78 is 17.3. The van der Waals surface area contributed by atoms with Crippen molar-refractivity contribution in [2.24, 2.45) is 0 Å². The standard InChI is InChI=1S/C22H21FN6S/c1-16-5-4-6-17(13-16)14-28-11-9-20(26-28)24-22(30)25-21-10-12-29(27-21)15-18-7-2-3-8-19(18)23/h2-13H,14-15H2,1H3,(H2,24,25,26,27,30). The number of nitrogens with one attached hydrogen (secondary N) is 2. The van der Waals surface area contributed by atoms with Crippen molar-refractivity contribution in [3.05, 3.63) is 95.6 Å². The number of hydrogen-bond acceptors (Lipinski definition) is 3. The summed E-state index contributed by atoms with van der Waals surface area (Å²) in [6.45, 7) is 3.10. The van der Waals surface area contributed by atoms with Gasteiger partial charge >= 0.3 is 0 Å². The lowest BCUT2D eigenvalue weighted by Gasteiger charge is -2.07. The molecule has 0 saturated heterocycles. The Labute approximate surface area is 179 Å². The quantitative estimate of drug-likeness (QED) is 0.452. The third-order valence-corrected chi connectivity index (χ3v) is 4.69. The Bertz CT molecular complexity index is 1170. The first-order valence-electron chi connectivity index (χ1n) is 9.49. The van der Waals surface area contributed by atoms with E-state index in [1.165, 1.54) is 17.2 Å². The molecule has 8 heteroatoms. The Balaban J connectivity index is 1.32. The van der Waals surface area contributed by atoms with Gasteiger partial charge in [0.1, 0.15) is 5.82 Å². The summed E-state index contributed by atoms with van der Waals surface area (Å²) >= 11 is 5.35.